The topological polar surface area (TPSA) is 59.6 Å². The lowest BCUT2D eigenvalue weighted by Crippen LogP contribution is -2.29. The molecule has 0 atom stereocenters. The number of carbonyl (C=O) groups is 1. The standard InChI is InChI=1S/C12H16N2O3/c1-12(2)16-9-5-4-8(6-10(9)17-12)14-11(15)7-13-3/h4-6,13H,7H2,1-3H3,(H,14,15). The third kappa shape index (κ3) is 2.68. The van der Waals surface area contributed by atoms with Crippen LogP contribution in [-0.4, -0.2) is 25.3 Å². The fourth-order valence-corrected chi connectivity index (χ4v) is 1.67. The molecule has 2 rings (SSSR count). The molecule has 1 amide bonds. The van der Waals surface area contributed by atoms with Gasteiger partial charge in [0.25, 0.3) is 0 Å². The van der Waals surface area contributed by atoms with Crippen molar-refractivity contribution < 1.29 is 14.3 Å². The van der Waals surface area contributed by atoms with Gasteiger partial charge < -0.3 is 20.1 Å². The summed E-state index contributed by atoms with van der Waals surface area (Å²) in [7, 11) is 1.72. The zero-order valence-electron chi connectivity index (χ0n) is 10.2. The number of fused-ring (bicyclic) bond motifs is 1. The van der Waals surface area contributed by atoms with Gasteiger partial charge in [-0.05, 0) is 19.2 Å². The molecule has 5 heteroatoms. The highest BCUT2D eigenvalue weighted by atomic mass is 16.7. The number of nitrogens with one attached hydrogen (secondary N) is 2. The van der Waals surface area contributed by atoms with Gasteiger partial charge in [-0.2, -0.15) is 0 Å². The number of likely N-dealkylation sites (N-methyl/N-ethyl adjacent to an activating group) is 1. The van der Waals surface area contributed by atoms with E-state index < -0.39 is 5.79 Å². The van der Waals surface area contributed by atoms with Crippen molar-refractivity contribution in [2.45, 2.75) is 19.6 Å². The van der Waals surface area contributed by atoms with E-state index in [-0.39, 0.29) is 12.5 Å². The highest BCUT2D eigenvalue weighted by Gasteiger charge is 2.31. The molecule has 0 saturated carbocycles. The van der Waals surface area contributed by atoms with E-state index in [1.165, 1.54) is 0 Å². The maximum Gasteiger partial charge on any atom is 0.246 e. The van der Waals surface area contributed by atoms with E-state index in [1.54, 1.807) is 25.2 Å². The van der Waals surface area contributed by atoms with E-state index in [9.17, 15) is 4.79 Å². The highest BCUT2D eigenvalue weighted by Crippen LogP contribution is 2.40. The van der Waals surface area contributed by atoms with Crippen molar-refractivity contribution in [3.05, 3.63) is 18.2 Å². The third-order valence-electron chi connectivity index (χ3n) is 2.28. The zero-order valence-corrected chi connectivity index (χ0v) is 10.2. The van der Waals surface area contributed by atoms with Gasteiger partial charge >= 0.3 is 0 Å². The molecular weight excluding hydrogens is 220 g/mol. The second-order valence-electron chi connectivity index (χ2n) is 4.34. The molecule has 1 aromatic carbocycles. The Bertz CT molecular complexity index is 443. The number of hydrogen-bond acceptors (Lipinski definition) is 4. The second-order valence-corrected chi connectivity index (χ2v) is 4.34. The Morgan fingerprint density at radius 3 is 2.71 bits per heavy atom. The molecule has 5 nitrogen and oxygen atoms in total. The number of rotatable bonds is 3. The molecule has 0 aliphatic carbocycles. The average molecular weight is 236 g/mol. The number of ether oxygens (including phenoxy) is 2. The summed E-state index contributed by atoms with van der Waals surface area (Å²) >= 11 is 0. The molecule has 1 aromatic rings. The van der Waals surface area contributed by atoms with E-state index in [1.807, 2.05) is 13.8 Å². The molecule has 1 aliphatic heterocycles. The van der Waals surface area contributed by atoms with Crippen LogP contribution in [0.2, 0.25) is 0 Å². The van der Waals surface area contributed by atoms with Gasteiger partial charge in [0.15, 0.2) is 11.5 Å². The number of carbonyl (C=O) groups excluding carboxylic acids is 1. The number of amides is 1. The number of hydrogen-bond donors (Lipinski definition) is 2. The first-order valence-corrected chi connectivity index (χ1v) is 5.47. The average Bonchev–Trinajstić information content (AvgIpc) is 2.51. The minimum Gasteiger partial charge on any atom is -0.449 e. The Morgan fingerprint density at radius 1 is 1.29 bits per heavy atom. The van der Waals surface area contributed by atoms with Crippen molar-refractivity contribution in [3.8, 4) is 11.5 Å². The molecule has 0 fully saturated rings. The molecule has 0 saturated heterocycles. The van der Waals surface area contributed by atoms with Crippen LogP contribution in [0.15, 0.2) is 18.2 Å². The minimum absolute atomic E-state index is 0.0920. The van der Waals surface area contributed by atoms with Crippen LogP contribution in [0.25, 0.3) is 0 Å². The van der Waals surface area contributed by atoms with Crippen LogP contribution < -0.4 is 20.1 Å². The number of benzene rings is 1. The third-order valence-corrected chi connectivity index (χ3v) is 2.28. The summed E-state index contributed by atoms with van der Waals surface area (Å²) in [6.45, 7) is 3.96. The quantitative estimate of drug-likeness (QED) is 0.831. The fraction of sp³-hybridized carbons (Fsp3) is 0.417. The van der Waals surface area contributed by atoms with Gasteiger partial charge in [-0.15, -0.1) is 0 Å². The Morgan fingerprint density at radius 2 is 2.00 bits per heavy atom. The minimum atomic E-state index is -0.643. The molecule has 0 bridgehead atoms. The van der Waals surface area contributed by atoms with Crippen molar-refractivity contribution in [2.24, 2.45) is 0 Å². The molecule has 0 aromatic heterocycles. The smallest absolute Gasteiger partial charge is 0.246 e. The summed E-state index contributed by atoms with van der Waals surface area (Å²) in [6.07, 6.45) is 0. The van der Waals surface area contributed by atoms with E-state index in [0.29, 0.717) is 17.2 Å². The first-order valence-electron chi connectivity index (χ1n) is 5.47. The lowest BCUT2D eigenvalue weighted by Gasteiger charge is -2.16. The number of anilines is 1. The van der Waals surface area contributed by atoms with E-state index in [0.717, 1.165) is 0 Å². The van der Waals surface area contributed by atoms with Crippen LogP contribution in [-0.2, 0) is 4.79 Å². The molecule has 1 heterocycles. The predicted molar refractivity (Wildman–Crippen MR) is 64.3 cm³/mol. The van der Waals surface area contributed by atoms with Crippen LogP contribution >= 0.6 is 0 Å². The molecule has 17 heavy (non-hydrogen) atoms. The van der Waals surface area contributed by atoms with E-state index in [4.69, 9.17) is 9.47 Å². The summed E-state index contributed by atoms with van der Waals surface area (Å²) in [5, 5.41) is 5.55. The Balaban J connectivity index is 2.11. The van der Waals surface area contributed by atoms with Crippen LogP contribution in [0.1, 0.15) is 13.8 Å². The van der Waals surface area contributed by atoms with Gasteiger partial charge in [0, 0.05) is 25.6 Å². The molecule has 0 spiro atoms. The van der Waals surface area contributed by atoms with Crippen molar-refractivity contribution in [2.75, 3.05) is 18.9 Å². The van der Waals surface area contributed by atoms with Crippen molar-refractivity contribution in [1.29, 1.82) is 0 Å². The van der Waals surface area contributed by atoms with Gasteiger partial charge in [-0.25, -0.2) is 0 Å². The summed E-state index contributed by atoms with van der Waals surface area (Å²) in [6, 6.07) is 5.34. The molecule has 1 aliphatic rings. The van der Waals surface area contributed by atoms with Crippen LogP contribution in [0.4, 0.5) is 5.69 Å². The van der Waals surface area contributed by atoms with Gasteiger partial charge in [-0.1, -0.05) is 0 Å². The van der Waals surface area contributed by atoms with Crippen LogP contribution in [0, 0.1) is 0 Å². The predicted octanol–water partition coefficient (Wildman–Crippen LogP) is 1.35. The molecule has 2 N–H and O–H groups in total. The summed E-state index contributed by atoms with van der Waals surface area (Å²) in [4.78, 5) is 11.4. The first-order chi connectivity index (χ1) is 8.00. The lowest BCUT2D eigenvalue weighted by molar-refractivity contribution is -0.115. The molecular formula is C12H16N2O3. The van der Waals surface area contributed by atoms with Gasteiger partial charge in [-0.3, -0.25) is 4.79 Å². The molecule has 0 radical (unpaired) electrons. The van der Waals surface area contributed by atoms with Gasteiger partial charge in [0.05, 0.1) is 6.54 Å². The maximum absolute atomic E-state index is 11.4. The van der Waals surface area contributed by atoms with E-state index in [2.05, 4.69) is 10.6 Å². The molecule has 0 unspecified atom stereocenters. The van der Waals surface area contributed by atoms with Crippen molar-refractivity contribution in [3.63, 3.8) is 0 Å². The van der Waals surface area contributed by atoms with Crippen LogP contribution in [0.5, 0.6) is 11.5 Å². The fourth-order valence-electron chi connectivity index (χ4n) is 1.67. The highest BCUT2D eigenvalue weighted by molar-refractivity contribution is 5.92. The Hall–Kier alpha value is -1.75. The molecule has 92 valence electrons. The van der Waals surface area contributed by atoms with Crippen LogP contribution in [0.3, 0.4) is 0 Å². The Labute approximate surface area is 100 Å². The summed E-state index contributed by atoms with van der Waals surface area (Å²) in [5.41, 5.74) is 0.699. The normalized spacial score (nSPS) is 15.7. The second kappa shape index (κ2) is 4.25. The largest absolute Gasteiger partial charge is 0.449 e. The zero-order chi connectivity index (χ0) is 12.5. The van der Waals surface area contributed by atoms with Crippen molar-refractivity contribution in [1.82, 2.24) is 5.32 Å². The van der Waals surface area contributed by atoms with Gasteiger partial charge in [0.1, 0.15) is 0 Å². The SMILES string of the molecule is CNCC(=O)Nc1ccc2c(c1)OC(C)(C)O2. The lowest BCUT2D eigenvalue weighted by atomic mass is 10.3. The van der Waals surface area contributed by atoms with Crippen molar-refractivity contribution >= 4 is 11.6 Å². The summed E-state index contributed by atoms with van der Waals surface area (Å²) in [5.74, 6) is 0.611. The Kier molecular flexibility index (Phi) is 2.93. The van der Waals surface area contributed by atoms with E-state index >= 15 is 0 Å². The maximum atomic E-state index is 11.4. The first kappa shape index (κ1) is 11.7. The van der Waals surface area contributed by atoms with Gasteiger partial charge in [0.2, 0.25) is 11.7 Å². The monoisotopic (exact) mass is 236 g/mol. The summed E-state index contributed by atoms with van der Waals surface area (Å²) < 4.78 is 11.1.